The van der Waals surface area contributed by atoms with Gasteiger partial charge in [0.15, 0.2) is 5.78 Å². The van der Waals surface area contributed by atoms with E-state index in [9.17, 15) is 4.79 Å². The van der Waals surface area contributed by atoms with Crippen molar-refractivity contribution in [2.24, 2.45) is 0 Å². The first-order chi connectivity index (χ1) is 6.27. The zero-order chi connectivity index (χ0) is 9.68. The number of allylic oxidation sites excluding steroid dienone is 1. The third-order valence-corrected chi connectivity index (χ3v) is 1.57. The van der Waals surface area contributed by atoms with Gasteiger partial charge in [0, 0.05) is 11.6 Å². The van der Waals surface area contributed by atoms with Gasteiger partial charge in [-0.1, -0.05) is 0 Å². The fourth-order valence-electron chi connectivity index (χ4n) is 0.897. The highest BCUT2D eigenvalue weighted by Crippen LogP contribution is 2.11. The topological polar surface area (TPSA) is 48.6 Å². The van der Waals surface area contributed by atoms with E-state index in [2.05, 4.69) is 0 Å². The molecule has 1 aromatic carbocycles. The molecule has 0 aromatic heterocycles. The van der Waals surface area contributed by atoms with Gasteiger partial charge in [0.25, 0.3) is 0 Å². The molecule has 0 saturated carbocycles. The third-order valence-electron chi connectivity index (χ3n) is 1.57. The Morgan fingerprint density at radius 1 is 1.46 bits per heavy atom. The van der Waals surface area contributed by atoms with Crippen LogP contribution in [0.3, 0.4) is 0 Å². The predicted molar refractivity (Wildman–Crippen MR) is 50.3 cm³/mol. The van der Waals surface area contributed by atoms with E-state index in [4.69, 9.17) is 10.1 Å². The van der Waals surface area contributed by atoms with Gasteiger partial charge in [-0.15, -0.1) is 0 Å². The van der Waals surface area contributed by atoms with E-state index in [1.54, 1.807) is 37.2 Å². The fourth-order valence-corrected chi connectivity index (χ4v) is 0.897. The van der Waals surface area contributed by atoms with Crippen LogP contribution in [0, 0.1) is 0 Å². The fraction of sp³-hybridized carbons (Fsp3) is 0.100. The van der Waals surface area contributed by atoms with E-state index in [0.29, 0.717) is 11.3 Å². The molecule has 0 heterocycles. The number of ether oxygens (including phenoxy) is 1. The second-order valence-corrected chi connectivity index (χ2v) is 2.37. The number of rotatable bonds is 3. The Morgan fingerprint density at radius 2 is 2.08 bits per heavy atom. The van der Waals surface area contributed by atoms with Crippen LogP contribution in [0.4, 0.5) is 0 Å². The molecule has 0 aliphatic rings. The molecule has 1 aromatic rings. The molecule has 0 aliphatic heterocycles. The molecule has 0 amide bonds. The zero-order valence-corrected chi connectivity index (χ0v) is 7.15. The van der Waals surface area contributed by atoms with Gasteiger partial charge in [-0.3, -0.25) is 10.7 Å². The SMILES string of the molecule is COc1ccc(C(=O)C=C=[N-])cc1. The second-order valence-electron chi connectivity index (χ2n) is 2.37. The Bertz CT molecular complexity index is 348. The van der Waals surface area contributed by atoms with Crippen molar-refractivity contribution in [1.82, 2.24) is 0 Å². The normalized spacial score (nSPS) is 8.69. The molecule has 13 heavy (non-hydrogen) atoms. The molecule has 0 spiro atoms. The standard InChI is InChI=1S/C10H8NO2/c1-13-9-4-2-8(3-5-9)10(12)6-7-11/h2-6H,1H3/q-1. The first-order valence-corrected chi connectivity index (χ1v) is 3.69. The summed E-state index contributed by atoms with van der Waals surface area (Å²) >= 11 is 0. The predicted octanol–water partition coefficient (Wildman–Crippen LogP) is 1.67. The molecule has 0 N–H and O–H groups in total. The van der Waals surface area contributed by atoms with Gasteiger partial charge in [0.1, 0.15) is 5.75 Å². The quantitative estimate of drug-likeness (QED) is 0.397. The maximum absolute atomic E-state index is 11.1. The summed E-state index contributed by atoms with van der Waals surface area (Å²) in [5.74, 6) is 2.09. The zero-order valence-electron chi connectivity index (χ0n) is 7.15. The van der Waals surface area contributed by atoms with Crippen LogP contribution in [-0.4, -0.2) is 18.8 Å². The molecule has 0 saturated heterocycles. The summed E-state index contributed by atoms with van der Waals surface area (Å²) in [6.07, 6.45) is 0.974. The number of hydrogen-bond donors (Lipinski definition) is 0. The molecule has 3 nitrogen and oxygen atoms in total. The van der Waals surface area contributed by atoms with Gasteiger partial charge in [0.2, 0.25) is 0 Å². The summed E-state index contributed by atoms with van der Waals surface area (Å²) in [7, 11) is 1.55. The third kappa shape index (κ3) is 2.29. The summed E-state index contributed by atoms with van der Waals surface area (Å²) in [5, 5.41) is 8.25. The Hall–Kier alpha value is -1.86. The minimum atomic E-state index is -0.287. The van der Waals surface area contributed by atoms with Crippen LogP contribution in [-0.2, 0) is 0 Å². The molecule has 3 heteroatoms. The molecular formula is C10H8NO2-. The van der Waals surface area contributed by atoms with Crippen LogP contribution in [0.1, 0.15) is 10.4 Å². The van der Waals surface area contributed by atoms with Gasteiger partial charge >= 0.3 is 0 Å². The van der Waals surface area contributed by atoms with Crippen LogP contribution < -0.4 is 4.74 Å². The summed E-state index contributed by atoms with van der Waals surface area (Å²) in [6, 6.07) is 6.60. The van der Waals surface area contributed by atoms with Crippen molar-refractivity contribution in [3.05, 3.63) is 41.3 Å². The number of nitrogens with zero attached hydrogens (tertiary/aromatic N) is 1. The van der Waals surface area contributed by atoms with E-state index in [1.165, 1.54) is 0 Å². The number of methoxy groups -OCH3 is 1. The van der Waals surface area contributed by atoms with Crippen molar-refractivity contribution >= 4 is 11.7 Å². The van der Waals surface area contributed by atoms with Crippen LogP contribution in [0.5, 0.6) is 5.75 Å². The highest BCUT2D eigenvalue weighted by atomic mass is 16.5. The molecule has 1 rings (SSSR count). The van der Waals surface area contributed by atoms with Crippen molar-refractivity contribution in [2.75, 3.05) is 7.11 Å². The summed E-state index contributed by atoms with van der Waals surface area (Å²) in [6.45, 7) is 0. The molecule has 0 radical (unpaired) electrons. The summed E-state index contributed by atoms with van der Waals surface area (Å²) in [5.41, 5.74) is 0.488. The largest absolute Gasteiger partial charge is 0.763 e. The highest BCUT2D eigenvalue weighted by molar-refractivity contribution is 6.09. The second kappa shape index (κ2) is 4.24. The lowest BCUT2D eigenvalue weighted by Gasteiger charge is -1.99. The summed E-state index contributed by atoms with van der Waals surface area (Å²) in [4.78, 5) is 11.1. The first kappa shape index (κ1) is 9.23. The van der Waals surface area contributed by atoms with Crippen LogP contribution in [0.2, 0.25) is 0 Å². The monoisotopic (exact) mass is 174 g/mol. The van der Waals surface area contributed by atoms with Crippen molar-refractivity contribution < 1.29 is 9.53 Å². The van der Waals surface area contributed by atoms with Crippen molar-refractivity contribution in [1.29, 1.82) is 0 Å². The summed E-state index contributed by atoms with van der Waals surface area (Å²) < 4.78 is 4.92. The van der Waals surface area contributed by atoms with Crippen LogP contribution in [0.15, 0.2) is 30.3 Å². The smallest absolute Gasteiger partial charge is 0.191 e. The lowest BCUT2D eigenvalue weighted by Crippen LogP contribution is -1.93. The number of hydrogen-bond acceptors (Lipinski definition) is 2. The van der Waals surface area contributed by atoms with Gasteiger partial charge in [-0.25, -0.2) is 0 Å². The van der Waals surface area contributed by atoms with Gasteiger partial charge in [-0.2, -0.15) is 0 Å². The Morgan fingerprint density at radius 3 is 2.54 bits per heavy atom. The van der Waals surface area contributed by atoms with E-state index in [-0.39, 0.29) is 5.78 Å². The lowest BCUT2D eigenvalue weighted by atomic mass is 10.1. The minimum Gasteiger partial charge on any atom is -0.763 e. The molecule has 0 atom stereocenters. The van der Waals surface area contributed by atoms with Crippen LogP contribution in [0.25, 0.3) is 5.41 Å². The molecular weight excluding hydrogens is 166 g/mol. The highest BCUT2D eigenvalue weighted by Gasteiger charge is 1.99. The number of carbonyl (C=O) groups is 1. The van der Waals surface area contributed by atoms with Crippen molar-refractivity contribution in [3.8, 4) is 5.75 Å². The van der Waals surface area contributed by atoms with E-state index < -0.39 is 0 Å². The molecule has 0 bridgehead atoms. The van der Waals surface area contributed by atoms with Crippen LogP contribution >= 0.6 is 0 Å². The number of benzene rings is 1. The average molecular weight is 174 g/mol. The van der Waals surface area contributed by atoms with E-state index in [0.717, 1.165) is 6.08 Å². The van der Waals surface area contributed by atoms with Gasteiger partial charge in [0.05, 0.1) is 7.11 Å². The molecule has 0 unspecified atom stereocenters. The Kier molecular flexibility index (Phi) is 3.01. The van der Waals surface area contributed by atoms with Crippen molar-refractivity contribution in [2.45, 2.75) is 0 Å². The minimum absolute atomic E-state index is 0.287. The molecule has 66 valence electrons. The molecule has 0 aliphatic carbocycles. The lowest BCUT2D eigenvalue weighted by molar-refractivity contribution is 0.104. The first-order valence-electron chi connectivity index (χ1n) is 3.69. The van der Waals surface area contributed by atoms with Crippen molar-refractivity contribution in [3.63, 3.8) is 0 Å². The molecule has 0 fully saturated rings. The van der Waals surface area contributed by atoms with Gasteiger partial charge in [-0.05, 0) is 24.3 Å². The Balaban J connectivity index is 2.92. The van der Waals surface area contributed by atoms with Gasteiger partial charge < -0.3 is 10.1 Å². The number of carbonyl (C=O) groups excluding carboxylic acids is 1. The Labute approximate surface area is 76.2 Å². The maximum Gasteiger partial charge on any atom is 0.191 e. The average Bonchev–Trinajstić information content (AvgIpc) is 2.18. The van der Waals surface area contributed by atoms with E-state index >= 15 is 0 Å². The van der Waals surface area contributed by atoms with E-state index in [1.807, 2.05) is 0 Å². The maximum atomic E-state index is 11.1. The number of ketones is 1.